The summed E-state index contributed by atoms with van der Waals surface area (Å²) in [5.74, 6) is -4.01. The second kappa shape index (κ2) is 21.2. The number of carboxylic acid groups (broad SMARTS) is 1. The van der Waals surface area contributed by atoms with Crippen molar-refractivity contribution in [1.29, 1.82) is 0 Å². The van der Waals surface area contributed by atoms with E-state index in [-0.39, 0.29) is 30.2 Å². The number of aliphatic carboxylic acids is 1. The maximum absolute atomic E-state index is 13.9. The molecule has 12 nitrogen and oxygen atoms in total. The van der Waals surface area contributed by atoms with Crippen LogP contribution in [-0.4, -0.2) is 72.2 Å². The molecular weight excluding hydrogens is 755 g/mol. The Morgan fingerprint density at radius 2 is 1.39 bits per heavy atom. The Bertz CT molecular complexity index is 1780. The number of alkyl halides is 4. The van der Waals surface area contributed by atoms with E-state index < -0.39 is 42.1 Å². The van der Waals surface area contributed by atoms with Crippen LogP contribution in [0.15, 0.2) is 72.8 Å². The van der Waals surface area contributed by atoms with Gasteiger partial charge in [0.05, 0.1) is 0 Å². The molecule has 0 spiro atoms. The van der Waals surface area contributed by atoms with Crippen molar-refractivity contribution in [3.63, 3.8) is 0 Å². The number of carbonyl (C=O) groups excluding carboxylic acids is 4. The molecule has 0 aromatic heterocycles. The number of fused-ring (bicyclic) bond motifs is 3. The Balaban J connectivity index is 0.000000908. The highest BCUT2D eigenvalue weighted by Crippen LogP contribution is 2.44. The number of alkyl carbamates (subject to hydrolysis) is 1. The van der Waals surface area contributed by atoms with Gasteiger partial charge in [0.1, 0.15) is 24.6 Å². The molecule has 7 N–H and O–H groups in total. The zero-order valence-electron chi connectivity index (χ0n) is 30.7. The first kappa shape index (κ1) is 43.6. The number of nitrogens with two attached hydrogens (primary N) is 1. The lowest BCUT2D eigenvalue weighted by molar-refractivity contribution is -0.192. The van der Waals surface area contributed by atoms with Crippen LogP contribution in [0, 0.1) is 5.92 Å². The van der Waals surface area contributed by atoms with Crippen molar-refractivity contribution in [2.75, 3.05) is 29.7 Å². The molecule has 16 heteroatoms. The second-order valence-electron chi connectivity index (χ2n) is 13.7. The third-order valence-electron chi connectivity index (χ3n) is 9.60. The molecule has 1 fully saturated rings. The molecule has 2 aliphatic carbocycles. The SMILES string of the molecule is NCCCC[C@H](NC(=O)[C@@H](CC1CCCCC1)NC(=O)OCC1c2ccccc2-c2ccccc21)C(=O)Nc1cccc(NC(=O)CCl)c1.O=C(O)C(F)(F)F. The predicted octanol–water partition coefficient (Wildman–Crippen LogP) is 6.93. The highest BCUT2D eigenvalue weighted by molar-refractivity contribution is 6.29. The molecule has 2 atom stereocenters. The molecule has 302 valence electrons. The van der Waals surface area contributed by atoms with Crippen LogP contribution in [0.4, 0.5) is 29.3 Å². The van der Waals surface area contributed by atoms with Gasteiger partial charge in [-0.2, -0.15) is 13.2 Å². The molecule has 0 heterocycles. The van der Waals surface area contributed by atoms with Gasteiger partial charge < -0.3 is 36.8 Å². The molecule has 0 saturated heterocycles. The molecule has 0 unspecified atom stereocenters. The summed E-state index contributed by atoms with van der Waals surface area (Å²) in [4.78, 5) is 61.4. The molecule has 5 rings (SSSR count). The zero-order chi connectivity index (χ0) is 40.7. The van der Waals surface area contributed by atoms with Crippen LogP contribution in [0.5, 0.6) is 0 Å². The van der Waals surface area contributed by atoms with Crippen LogP contribution in [0.25, 0.3) is 11.1 Å². The van der Waals surface area contributed by atoms with Crippen molar-refractivity contribution in [2.24, 2.45) is 11.7 Å². The van der Waals surface area contributed by atoms with Gasteiger partial charge in [0, 0.05) is 17.3 Å². The number of hydrogen-bond donors (Lipinski definition) is 6. The lowest BCUT2D eigenvalue weighted by Gasteiger charge is -2.28. The van der Waals surface area contributed by atoms with Crippen LogP contribution in [0.3, 0.4) is 0 Å². The molecule has 0 radical (unpaired) electrons. The average molecular weight is 802 g/mol. The Morgan fingerprint density at radius 3 is 1.96 bits per heavy atom. The molecule has 2 aliphatic rings. The van der Waals surface area contributed by atoms with Gasteiger partial charge in [0.25, 0.3) is 0 Å². The lowest BCUT2D eigenvalue weighted by atomic mass is 9.84. The Labute approximate surface area is 328 Å². The maximum atomic E-state index is 13.9. The van der Waals surface area contributed by atoms with E-state index in [1.54, 1.807) is 24.3 Å². The minimum absolute atomic E-state index is 0.110. The van der Waals surface area contributed by atoms with E-state index >= 15 is 0 Å². The summed E-state index contributed by atoms with van der Waals surface area (Å²) >= 11 is 5.61. The Hall–Kier alpha value is -5.15. The summed E-state index contributed by atoms with van der Waals surface area (Å²) in [5, 5.41) is 18.4. The first-order chi connectivity index (χ1) is 26.8. The van der Waals surface area contributed by atoms with E-state index in [9.17, 15) is 32.3 Å². The van der Waals surface area contributed by atoms with Gasteiger partial charge in [-0.1, -0.05) is 86.7 Å². The number of nitrogens with one attached hydrogen (secondary N) is 4. The minimum Gasteiger partial charge on any atom is -0.475 e. The van der Waals surface area contributed by atoms with E-state index in [0.29, 0.717) is 43.6 Å². The van der Waals surface area contributed by atoms with Gasteiger partial charge in [-0.25, -0.2) is 9.59 Å². The molecule has 0 bridgehead atoms. The minimum atomic E-state index is -5.08. The van der Waals surface area contributed by atoms with Crippen LogP contribution in [0.1, 0.15) is 74.8 Å². The van der Waals surface area contributed by atoms with Crippen LogP contribution < -0.4 is 27.0 Å². The number of halogens is 4. The van der Waals surface area contributed by atoms with Crippen LogP contribution >= 0.6 is 11.6 Å². The molecule has 3 aromatic rings. The second-order valence-corrected chi connectivity index (χ2v) is 13.9. The van der Waals surface area contributed by atoms with Crippen LogP contribution in [0.2, 0.25) is 0 Å². The number of amides is 4. The number of carbonyl (C=O) groups is 5. The largest absolute Gasteiger partial charge is 0.490 e. The fraction of sp³-hybridized carbons (Fsp3) is 0.425. The highest BCUT2D eigenvalue weighted by Gasteiger charge is 2.38. The molecule has 1 saturated carbocycles. The molecule has 0 aliphatic heterocycles. The van der Waals surface area contributed by atoms with E-state index in [0.717, 1.165) is 54.4 Å². The van der Waals surface area contributed by atoms with E-state index in [1.165, 1.54) is 0 Å². The summed E-state index contributed by atoms with van der Waals surface area (Å²) in [5.41, 5.74) is 11.1. The summed E-state index contributed by atoms with van der Waals surface area (Å²) in [6.45, 7) is 0.588. The van der Waals surface area contributed by atoms with Gasteiger partial charge >= 0.3 is 18.2 Å². The van der Waals surface area contributed by atoms with E-state index in [1.807, 2.05) is 24.3 Å². The first-order valence-corrected chi connectivity index (χ1v) is 19.0. The fourth-order valence-electron chi connectivity index (χ4n) is 6.90. The number of rotatable bonds is 15. The van der Waals surface area contributed by atoms with E-state index in [4.69, 9.17) is 32.0 Å². The third kappa shape index (κ3) is 13.0. The average Bonchev–Trinajstić information content (AvgIpc) is 3.50. The normalized spacial score (nSPS) is 14.8. The maximum Gasteiger partial charge on any atom is 0.490 e. The smallest absolute Gasteiger partial charge is 0.475 e. The summed E-state index contributed by atoms with van der Waals surface area (Å²) in [7, 11) is 0. The summed E-state index contributed by atoms with van der Waals surface area (Å²) in [6.07, 6.45) is 1.65. The Morgan fingerprint density at radius 1 is 0.804 bits per heavy atom. The monoisotopic (exact) mass is 801 g/mol. The van der Waals surface area contributed by atoms with Crippen molar-refractivity contribution >= 4 is 52.8 Å². The van der Waals surface area contributed by atoms with Gasteiger partial charge in [-0.3, -0.25) is 14.4 Å². The van der Waals surface area contributed by atoms with E-state index in [2.05, 4.69) is 45.5 Å². The Kier molecular flexibility index (Phi) is 16.5. The number of unbranched alkanes of at least 4 members (excludes halogenated alkanes) is 1. The number of ether oxygens (including phenoxy) is 1. The molecular formula is C40H47ClF3N5O7. The standard InChI is InChI=1S/C38H46ClN5O5.C2HF3O2/c39-23-35(45)41-26-13-10-14-27(22-26)42-36(46)33(19-8-9-20-40)43-37(47)34(21-25-11-2-1-3-12-25)44-38(48)49-24-32-30-17-6-4-15-28(30)29-16-5-7-18-31(29)32;3-2(4,5)1(6)7/h4-7,10,13-18,22,25,32-34H,1-3,8-9,11-12,19-21,23-24,40H2,(H,41,45)(H,42,46)(H,43,47)(H,44,48);(H,6,7)/t33-,34+;/m0./s1. The number of anilines is 2. The van der Waals surface area contributed by atoms with Gasteiger partial charge in [-0.15, -0.1) is 11.6 Å². The molecule has 3 aromatic carbocycles. The first-order valence-electron chi connectivity index (χ1n) is 18.5. The van der Waals surface area contributed by atoms with Gasteiger partial charge in [0.2, 0.25) is 17.7 Å². The third-order valence-corrected chi connectivity index (χ3v) is 9.85. The van der Waals surface area contributed by atoms with Crippen LogP contribution in [-0.2, 0) is 23.9 Å². The van der Waals surface area contributed by atoms with Crippen molar-refractivity contribution in [3.05, 3.63) is 83.9 Å². The fourth-order valence-corrected chi connectivity index (χ4v) is 6.97. The quantitative estimate of drug-likeness (QED) is 0.0705. The molecule has 56 heavy (non-hydrogen) atoms. The van der Waals surface area contributed by atoms with Crippen molar-refractivity contribution in [3.8, 4) is 11.1 Å². The topological polar surface area (TPSA) is 189 Å². The summed E-state index contributed by atoms with van der Waals surface area (Å²) < 4.78 is 37.5. The highest BCUT2D eigenvalue weighted by atomic mass is 35.5. The molecule has 4 amide bonds. The van der Waals surface area contributed by atoms with Crippen molar-refractivity contribution in [2.45, 2.75) is 82.0 Å². The number of hydrogen-bond acceptors (Lipinski definition) is 7. The van der Waals surface area contributed by atoms with Crippen molar-refractivity contribution < 1.29 is 47.0 Å². The predicted molar refractivity (Wildman–Crippen MR) is 206 cm³/mol. The lowest BCUT2D eigenvalue weighted by Crippen LogP contribution is -2.53. The van der Waals surface area contributed by atoms with Gasteiger partial charge in [0.15, 0.2) is 0 Å². The number of carboxylic acids is 1. The number of benzene rings is 3. The van der Waals surface area contributed by atoms with Crippen molar-refractivity contribution in [1.82, 2.24) is 10.6 Å². The van der Waals surface area contributed by atoms with Gasteiger partial charge in [-0.05, 0) is 78.6 Å². The summed E-state index contributed by atoms with van der Waals surface area (Å²) in [6, 6.07) is 21.2. The zero-order valence-corrected chi connectivity index (χ0v) is 31.5.